The first-order valence-electron chi connectivity index (χ1n) is 9.65. The number of benzene rings is 1. The number of rotatable bonds is 6. The molecule has 1 aliphatic rings. The molecule has 7 heteroatoms. The van der Waals surface area contributed by atoms with E-state index in [9.17, 15) is 4.79 Å². The number of carbonyl (C=O) groups excluding carboxylic acids is 1. The Hall–Kier alpha value is -3.19. The van der Waals surface area contributed by atoms with Gasteiger partial charge < -0.3 is 20.1 Å². The van der Waals surface area contributed by atoms with Gasteiger partial charge in [-0.1, -0.05) is 24.3 Å². The summed E-state index contributed by atoms with van der Waals surface area (Å²) < 4.78 is 2.18. The Morgan fingerprint density at radius 3 is 2.66 bits per heavy atom. The van der Waals surface area contributed by atoms with E-state index >= 15 is 0 Å². The first kappa shape index (κ1) is 19.1. The highest BCUT2D eigenvalue weighted by Gasteiger charge is 2.41. The molecule has 2 unspecified atom stereocenters. The number of nitrogens with one attached hydrogen (secondary N) is 2. The van der Waals surface area contributed by atoms with Crippen molar-refractivity contribution in [2.75, 3.05) is 11.9 Å². The fraction of sp³-hybridized carbons (Fsp3) is 0.227. The first-order valence-corrected chi connectivity index (χ1v) is 10.1. The predicted molar refractivity (Wildman–Crippen MR) is 117 cm³/mol. The van der Waals surface area contributed by atoms with Crippen molar-refractivity contribution < 1.29 is 4.79 Å². The fourth-order valence-corrected chi connectivity index (χ4v) is 4.06. The maximum atomic E-state index is 12.8. The van der Waals surface area contributed by atoms with E-state index in [0.29, 0.717) is 5.11 Å². The van der Waals surface area contributed by atoms with Gasteiger partial charge in [-0.3, -0.25) is 9.78 Å². The van der Waals surface area contributed by atoms with Crippen molar-refractivity contribution in [3.63, 3.8) is 0 Å². The maximum Gasteiger partial charge on any atom is 0.244 e. The van der Waals surface area contributed by atoms with Crippen LogP contribution in [0.3, 0.4) is 0 Å². The zero-order chi connectivity index (χ0) is 20.2. The molecule has 2 atom stereocenters. The molecule has 4 rings (SSSR count). The summed E-state index contributed by atoms with van der Waals surface area (Å²) in [7, 11) is 0. The smallest absolute Gasteiger partial charge is 0.244 e. The molecule has 3 aromatic rings. The minimum absolute atomic E-state index is 0.110. The monoisotopic (exact) mass is 405 g/mol. The second-order valence-corrected chi connectivity index (χ2v) is 7.27. The molecule has 1 saturated heterocycles. The molecule has 3 heterocycles. The zero-order valence-electron chi connectivity index (χ0n) is 16.2. The summed E-state index contributed by atoms with van der Waals surface area (Å²) in [5, 5.41) is 6.88. The zero-order valence-corrected chi connectivity index (χ0v) is 17.0. The number of amides is 1. The van der Waals surface area contributed by atoms with Crippen molar-refractivity contribution in [2.45, 2.75) is 25.6 Å². The Balaban J connectivity index is 1.64. The molecule has 1 amide bonds. The number of aromatic nitrogens is 2. The fourth-order valence-electron chi connectivity index (χ4n) is 3.76. The van der Waals surface area contributed by atoms with Gasteiger partial charge in [0.05, 0.1) is 17.8 Å². The number of pyridine rings is 1. The second kappa shape index (κ2) is 8.45. The van der Waals surface area contributed by atoms with Crippen LogP contribution < -0.4 is 10.6 Å². The van der Waals surface area contributed by atoms with Crippen LogP contribution in [0.4, 0.5) is 5.69 Å². The van der Waals surface area contributed by atoms with Gasteiger partial charge in [0.15, 0.2) is 5.11 Å². The summed E-state index contributed by atoms with van der Waals surface area (Å²) in [6, 6.07) is 19.1. The summed E-state index contributed by atoms with van der Waals surface area (Å²) in [6.07, 6.45) is 3.83. The van der Waals surface area contributed by atoms with Gasteiger partial charge in [0, 0.05) is 30.3 Å². The van der Waals surface area contributed by atoms with Crippen LogP contribution in [0.1, 0.15) is 30.4 Å². The van der Waals surface area contributed by atoms with Crippen LogP contribution in [-0.2, 0) is 11.3 Å². The lowest BCUT2D eigenvalue weighted by molar-refractivity contribution is -0.116. The van der Waals surface area contributed by atoms with E-state index in [2.05, 4.69) is 39.4 Å². The van der Waals surface area contributed by atoms with Gasteiger partial charge in [-0.2, -0.15) is 0 Å². The van der Waals surface area contributed by atoms with Crippen molar-refractivity contribution >= 4 is 28.9 Å². The van der Waals surface area contributed by atoms with E-state index in [0.717, 1.165) is 23.6 Å². The topological polar surface area (TPSA) is 62.2 Å². The van der Waals surface area contributed by atoms with Gasteiger partial charge in [0.1, 0.15) is 6.54 Å². The molecule has 29 heavy (non-hydrogen) atoms. The summed E-state index contributed by atoms with van der Waals surface area (Å²) in [5.41, 5.74) is 2.77. The Morgan fingerprint density at radius 2 is 1.93 bits per heavy atom. The van der Waals surface area contributed by atoms with Gasteiger partial charge in [-0.15, -0.1) is 0 Å². The number of anilines is 1. The molecular formula is C22H23N5OS. The molecule has 1 aliphatic heterocycles. The van der Waals surface area contributed by atoms with Crippen LogP contribution in [-0.4, -0.2) is 32.0 Å². The van der Waals surface area contributed by atoms with Crippen LogP contribution in [0.15, 0.2) is 73.1 Å². The first-order chi connectivity index (χ1) is 14.2. The minimum atomic E-state index is -0.131. The van der Waals surface area contributed by atoms with E-state index < -0.39 is 0 Å². The molecule has 0 bridgehead atoms. The average Bonchev–Trinajstić information content (AvgIpc) is 3.33. The van der Waals surface area contributed by atoms with E-state index in [-0.39, 0.29) is 24.5 Å². The third-order valence-corrected chi connectivity index (χ3v) is 5.43. The highest BCUT2D eigenvalue weighted by Crippen LogP contribution is 2.38. The van der Waals surface area contributed by atoms with Gasteiger partial charge in [-0.05, 0) is 55.5 Å². The maximum absolute atomic E-state index is 12.8. The van der Waals surface area contributed by atoms with E-state index in [1.807, 2.05) is 59.5 Å². The molecule has 0 aliphatic carbocycles. The molecule has 1 aromatic carbocycles. The number of aryl methyl sites for hydroxylation is 1. The van der Waals surface area contributed by atoms with Gasteiger partial charge in [0.2, 0.25) is 5.91 Å². The van der Waals surface area contributed by atoms with Crippen LogP contribution in [0.2, 0.25) is 0 Å². The number of hydrogen-bond donors (Lipinski definition) is 2. The van der Waals surface area contributed by atoms with Gasteiger partial charge in [0.25, 0.3) is 0 Å². The van der Waals surface area contributed by atoms with Crippen molar-refractivity contribution in [3.05, 3.63) is 84.4 Å². The molecule has 6 nitrogen and oxygen atoms in total. The molecule has 148 valence electrons. The lowest BCUT2D eigenvalue weighted by atomic mass is 10.0. The van der Waals surface area contributed by atoms with E-state index in [1.165, 1.54) is 0 Å². The lowest BCUT2D eigenvalue weighted by Crippen LogP contribution is -2.37. The Morgan fingerprint density at radius 1 is 1.14 bits per heavy atom. The van der Waals surface area contributed by atoms with Crippen LogP contribution in [0.25, 0.3) is 0 Å². The Labute approximate surface area is 175 Å². The molecule has 0 radical (unpaired) electrons. The van der Waals surface area contributed by atoms with Gasteiger partial charge in [-0.25, -0.2) is 0 Å². The molecule has 0 saturated carbocycles. The molecule has 1 fully saturated rings. The third-order valence-electron chi connectivity index (χ3n) is 5.08. The molecular weight excluding hydrogens is 382 g/mol. The lowest BCUT2D eigenvalue weighted by Gasteiger charge is -2.28. The van der Waals surface area contributed by atoms with Crippen molar-refractivity contribution in [2.24, 2.45) is 0 Å². The quantitative estimate of drug-likeness (QED) is 0.615. The minimum Gasteiger partial charge on any atom is -0.352 e. The number of carbonyl (C=O) groups is 1. The standard InChI is InChI=1S/C22H23N5OS/c1-2-26-14-8-12-18(26)21-20(17-11-6-7-13-23-17)25-22(29)27(21)15-19(28)24-16-9-4-3-5-10-16/h3-14,20-21H,2,15H2,1H3,(H,24,28)(H,25,29). The highest BCUT2D eigenvalue weighted by atomic mass is 32.1. The second-order valence-electron chi connectivity index (χ2n) is 6.89. The van der Waals surface area contributed by atoms with Crippen molar-refractivity contribution in [1.29, 1.82) is 0 Å². The molecule has 2 aromatic heterocycles. The number of hydrogen-bond acceptors (Lipinski definition) is 3. The Bertz CT molecular complexity index is 989. The van der Waals surface area contributed by atoms with Crippen molar-refractivity contribution in [1.82, 2.24) is 19.8 Å². The van der Waals surface area contributed by atoms with Crippen LogP contribution in [0, 0.1) is 0 Å². The number of thiocarbonyl (C=S) groups is 1. The molecule has 2 N–H and O–H groups in total. The Kier molecular flexibility index (Phi) is 5.57. The predicted octanol–water partition coefficient (Wildman–Crippen LogP) is 3.51. The largest absolute Gasteiger partial charge is 0.352 e. The SMILES string of the molecule is CCn1cccc1C1C(c2ccccn2)NC(=S)N1CC(=O)Nc1ccccc1. The van der Waals surface area contributed by atoms with Crippen LogP contribution in [0.5, 0.6) is 0 Å². The van der Waals surface area contributed by atoms with E-state index in [4.69, 9.17) is 12.2 Å². The highest BCUT2D eigenvalue weighted by molar-refractivity contribution is 7.80. The third kappa shape index (κ3) is 4.00. The number of nitrogens with zero attached hydrogens (tertiary/aromatic N) is 3. The molecule has 0 spiro atoms. The number of para-hydroxylation sites is 1. The summed E-state index contributed by atoms with van der Waals surface area (Å²) in [4.78, 5) is 19.3. The van der Waals surface area contributed by atoms with Crippen LogP contribution >= 0.6 is 12.2 Å². The summed E-state index contributed by atoms with van der Waals surface area (Å²) in [5.74, 6) is -0.110. The summed E-state index contributed by atoms with van der Waals surface area (Å²) in [6.45, 7) is 3.10. The average molecular weight is 406 g/mol. The normalized spacial score (nSPS) is 18.5. The van der Waals surface area contributed by atoms with Gasteiger partial charge >= 0.3 is 0 Å². The van der Waals surface area contributed by atoms with E-state index in [1.54, 1.807) is 6.20 Å². The van der Waals surface area contributed by atoms with Crippen molar-refractivity contribution in [3.8, 4) is 0 Å². The summed E-state index contributed by atoms with van der Waals surface area (Å²) >= 11 is 5.63.